The van der Waals surface area contributed by atoms with Gasteiger partial charge in [0.25, 0.3) is 0 Å². The van der Waals surface area contributed by atoms with Crippen molar-refractivity contribution in [3.63, 3.8) is 0 Å². The highest BCUT2D eigenvalue weighted by Crippen LogP contribution is 2.32. The van der Waals surface area contributed by atoms with E-state index in [1.807, 2.05) is 0 Å². The van der Waals surface area contributed by atoms with Crippen molar-refractivity contribution in [2.24, 2.45) is 5.92 Å². The minimum atomic E-state index is -0.0524. The van der Waals surface area contributed by atoms with Gasteiger partial charge < -0.3 is 10.0 Å². The van der Waals surface area contributed by atoms with Crippen molar-refractivity contribution in [2.75, 3.05) is 39.8 Å². The van der Waals surface area contributed by atoms with Gasteiger partial charge in [0.15, 0.2) is 0 Å². The van der Waals surface area contributed by atoms with Crippen LogP contribution in [0.5, 0.6) is 0 Å². The van der Waals surface area contributed by atoms with Crippen LogP contribution in [-0.2, 0) is 0 Å². The number of nitrogens with zero attached hydrogens (tertiary/aromatic N) is 2. The normalized spacial score (nSPS) is 29.1. The molecular formula is C10H20N2O. The van der Waals surface area contributed by atoms with E-state index in [-0.39, 0.29) is 6.10 Å². The molecule has 1 aliphatic heterocycles. The molecule has 1 saturated carbocycles. The number of β-amino-alcohol motifs (C(OH)–C–C–N with tert-alkyl or cyclic N) is 1. The molecule has 2 aliphatic rings. The Balaban J connectivity index is 1.69. The average molecular weight is 184 g/mol. The monoisotopic (exact) mass is 184 g/mol. The van der Waals surface area contributed by atoms with Crippen LogP contribution < -0.4 is 0 Å². The van der Waals surface area contributed by atoms with Gasteiger partial charge in [0.2, 0.25) is 0 Å². The van der Waals surface area contributed by atoms with Gasteiger partial charge in [0.05, 0.1) is 6.10 Å². The summed E-state index contributed by atoms with van der Waals surface area (Å²) >= 11 is 0. The third-order valence-electron chi connectivity index (χ3n) is 3.21. The zero-order chi connectivity index (χ0) is 9.26. The molecule has 1 unspecified atom stereocenters. The summed E-state index contributed by atoms with van der Waals surface area (Å²) in [7, 11) is 2.16. The van der Waals surface area contributed by atoms with Crippen LogP contribution in [0.15, 0.2) is 0 Å². The zero-order valence-electron chi connectivity index (χ0n) is 8.45. The molecule has 1 atom stereocenters. The first-order valence-electron chi connectivity index (χ1n) is 5.34. The van der Waals surface area contributed by atoms with Crippen LogP contribution in [0, 0.1) is 5.92 Å². The van der Waals surface area contributed by atoms with Crippen molar-refractivity contribution in [3.8, 4) is 0 Å². The highest BCUT2D eigenvalue weighted by molar-refractivity contribution is 4.84. The van der Waals surface area contributed by atoms with Crippen molar-refractivity contribution < 1.29 is 5.11 Å². The van der Waals surface area contributed by atoms with Crippen molar-refractivity contribution in [3.05, 3.63) is 0 Å². The molecule has 3 heteroatoms. The second kappa shape index (κ2) is 3.95. The predicted molar refractivity (Wildman–Crippen MR) is 52.7 cm³/mol. The maximum atomic E-state index is 9.75. The van der Waals surface area contributed by atoms with Gasteiger partial charge in [0, 0.05) is 32.7 Å². The summed E-state index contributed by atoms with van der Waals surface area (Å²) in [6.07, 6.45) is 2.44. The average Bonchev–Trinajstić information content (AvgIpc) is 2.91. The van der Waals surface area contributed by atoms with Gasteiger partial charge in [-0.25, -0.2) is 0 Å². The lowest BCUT2D eigenvalue weighted by Gasteiger charge is -2.33. The fourth-order valence-electron chi connectivity index (χ4n) is 1.93. The van der Waals surface area contributed by atoms with E-state index >= 15 is 0 Å². The first-order chi connectivity index (χ1) is 6.25. The van der Waals surface area contributed by atoms with Crippen molar-refractivity contribution in [1.82, 2.24) is 9.80 Å². The number of rotatable bonds is 3. The van der Waals surface area contributed by atoms with Gasteiger partial charge in [-0.3, -0.25) is 4.90 Å². The Bertz CT molecular complexity index is 162. The van der Waals surface area contributed by atoms with E-state index in [9.17, 15) is 5.11 Å². The molecule has 1 aliphatic carbocycles. The minimum absolute atomic E-state index is 0.0524. The van der Waals surface area contributed by atoms with Crippen LogP contribution in [0.1, 0.15) is 12.8 Å². The lowest BCUT2D eigenvalue weighted by atomic mass is 10.2. The molecule has 1 heterocycles. The van der Waals surface area contributed by atoms with Crippen LogP contribution in [0.2, 0.25) is 0 Å². The Morgan fingerprint density at radius 3 is 2.38 bits per heavy atom. The first-order valence-corrected chi connectivity index (χ1v) is 5.34. The fraction of sp³-hybridized carbons (Fsp3) is 1.00. The SMILES string of the molecule is CN1CCN(CC(O)C2CC2)CC1. The Kier molecular flexibility index (Phi) is 2.86. The van der Waals surface area contributed by atoms with Gasteiger partial charge in [0.1, 0.15) is 0 Å². The topological polar surface area (TPSA) is 26.7 Å². The smallest absolute Gasteiger partial charge is 0.0695 e. The number of piperazine rings is 1. The minimum Gasteiger partial charge on any atom is -0.392 e. The summed E-state index contributed by atoms with van der Waals surface area (Å²) in [5, 5.41) is 9.75. The molecular weight excluding hydrogens is 164 g/mol. The van der Waals surface area contributed by atoms with Crippen LogP contribution in [0.25, 0.3) is 0 Å². The van der Waals surface area contributed by atoms with Gasteiger partial charge in [-0.2, -0.15) is 0 Å². The third kappa shape index (κ3) is 2.66. The molecule has 13 heavy (non-hydrogen) atoms. The Morgan fingerprint density at radius 1 is 1.23 bits per heavy atom. The summed E-state index contributed by atoms with van der Waals surface area (Å²) in [6, 6.07) is 0. The number of aliphatic hydroxyl groups excluding tert-OH is 1. The van der Waals surface area contributed by atoms with Crippen molar-refractivity contribution >= 4 is 0 Å². The Hall–Kier alpha value is -0.120. The van der Waals surface area contributed by atoms with Gasteiger partial charge in [-0.05, 0) is 25.8 Å². The largest absolute Gasteiger partial charge is 0.392 e. The summed E-state index contributed by atoms with van der Waals surface area (Å²) in [5.74, 6) is 0.625. The molecule has 0 aromatic carbocycles. The molecule has 76 valence electrons. The molecule has 0 amide bonds. The maximum Gasteiger partial charge on any atom is 0.0695 e. The molecule has 0 aromatic heterocycles. The van der Waals surface area contributed by atoms with E-state index in [0.717, 1.165) is 32.7 Å². The molecule has 2 rings (SSSR count). The lowest BCUT2D eigenvalue weighted by molar-refractivity contribution is 0.0687. The van der Waals surface area contributed by atoms with E-state index < -0.39 is 0 Å². The Labute approximate surface area is 80.3 Å². The van der Waals surface area contributed by atoms with Crippen LogP contribution in [-0.4, -0.2) is 60.8 Å². The quantitative estimate of drug-likeness (QED) is 0.669. The van der Waals surface area contributed by atoms with Crippen LogP contribution >= 0.6 is 0 Å². The molecule has 0 radical (unpaired) electrons. The standard InChI is InChI=1S/C10H20N2O/c1-11-4-6-12(7-5-11)8-10(13)9-2-3-9/h9-10,13H,2-8H2,1H3. The molecule has 3 nitrogen and oxygen atoms in total. The number of hydrogen-bond acceptors (Lipinski definition) is 3. The number of likely N-dealkylation sites (N-methyl/N-ethyl adjacent to an activating group) is 1. The predicted octanol–water partition coefficient (Wildman–Crippen LogP) is 0.00470. The van der Waals surface area contributed by atoms with Gasteiger partial charge in [-0.15, -0.1) is 0 Å². The van der Waals surface area contributed by atoms with E-state index in [1.54, 1.807) is 0 Å². The second-order valence-electron chi connectivity index (χ2n) is 4.51. The van der Waals surface area contributed by atoms with Gasteiger partial charge >= 0.3 is 0 Å². The highest BCUT2D eigenvalue weighted by Gasteiger charge is 2.31. The van der Waals surface area contributed by atoms with Crippen LogP contribution in [0.3, 0.4) is 0 Å². The van der Waals surface area contributed by atoms with Gasteiger partial charge in [-0.1, -0.05) is 0 Å². The zero-order valence-corrected chi connectivity index (χ0v) is 8.45. The molecule has 2 fully saturated rings. The van der Waals surface area contributed by atoms with E-state index in [4.69, 9.17) is 0 Å². The summed E-state index contributed by atoms with van der Waals surface area (Å²) < 4.78 is 0. The fourth-order valence-corrected chi connectivity index (χ4v) is 1.93. The number of hydrogen-bond donors (Lipinski definition) is 1. The van der Waals surface area contributed by atoms with Crippen LogP contribution in [0.4, 0.5) is 0 Å². The number of aliphatic hydroxyl groups is 1. The Morgan fingerprint density at radius 2 is 1.85 bits per heavy atom. The molecule has 1 N–H and O–H groups in total. The highest BCUT2D eigenvalue weighted by atomic mass is 16.3. The van der Waals surface area contributed by atoms with Crippen molar-refractivity contribution in [1.29, 1.82) is 0 Å². The van der Waals surface area contributed by atoms with E-state index in [1.165, 1.54) is 12.8 Å². The molecule has 0 spiro atoms. The summed E-state index contributed by atoms with van der Waals surface area (Å²) in [5.41, 5.74) is 0. The molecule has 0 aromatic rings. The molecule has 0 bridgehead atoms. The maximum absolute atomic E-state index is 9.75. The first kappa shape index (κ1) is 9.44. The van der Waals surface area contributed by atoms with E-state index in [0.29, 0.717) is 5.92 Å². The summed E-state index contributed by atoms with van der Waals surface area (Å²) in [4.78, 5) is 4.74. The third-order valence-corrected chi connectivity index (χ3v) is 3.21. The molecule has 1 saturated heterocycles. The summed E-state index contributed by atoms with van der Waals surface area (Å²) in [6.45, 7) is 5.45. The lowest BCUT2D eigenvalue weighted by Crippen LogP contribution is -2.47. The van der Waals surface area contributed by atoms with E-state index in [2.05, 4.69) is 16.8 Å². The second-order valence-corrected chi connectivity index (χ2v) is 4.51. The van der Waals surface area contributed by atoms with Crippen molar-refractivity contribution in [2.45, 2.75) is 18.9 Å².